The lowest BCUT2D eigenvalue weighted by atomic mass is 9.93. The quantitative estimate of drug-likeness (QED) is 0.754. The summed E-state index contributed by atoms with van der Waals surface area (Å²) in [5.41, 5.74) is 2.12. The molecule has 1 unspecified atom stereocenters. The summed E-state index contributed by atoms with van der Waals surface area (Å²) in [6.45, 7) is 2.37. The van der Waals surface area contributed by atoms with Gasteiger partial charge in [0.1, 0.15) is 0 Å². The Labute approximate surface area is 184 Å². The molecular formula is C23H32N4O3S. The predicted molar refractivity (Wildman–Crippen MR) is 119 cm³/mol. The summed E-state index contributed by atoms with van der Waals surface area (Å²) in [5.74, 6) is -0.0751. The average Bonchev–Trinajstić information content (AvgIpc) is 3.29. The Morgan fingerprint density at radius 1 is 1.06 bits per heavy atom. The minimum Gasteiger partial charge on any atom is -0.339 e. The molecule has 1 N–H and O–H groups in total. The van der Waals surface area contributed by atoms with Crippen LogP contribution in [0.4, 0.5) is 0 Å². The second-order valence-corrected chi connectivity index (χ2v) is 10.7. The van der Waals surface area contributed by atoms with E-state index in [4.69, 9.17) is 0 Å². The molecule has 31 heavy (non-hydrogen) atoms. The van der Waals surface area contributed by atoms with Crippen molar-refractivity contribution in [3.63, 3.8) is 0 Å². The zero-order valence-corrected chi connectivity index (χ0v) is 19.2. The van der Waals surface area contributed by atoms with E-state index in [1.807, 2.05) is 31.0 Å². The molecule has 0 spiro atoms. The van der Waals surface area contributed by atoms with Gasteiger partial charge in [0.15, 0.2) is 0 Å². The molecule has 1 aliphatic carbocycles. The molecule has 1 saturated carbocycles. The number of aryl methyl sites for hydroxylation is 1. The van der Waals surface area contributed by atoms with Crippen LogP contribution in [0.25, 0.3) is 0 Å². The Balaban J connectivity index is 1.63. The fourth-order valence-electron chi connectivity index (χ4n) is 4.87. The number of aromatic amines is 1. The molecule has 1 saturated heterocycles. The summed E-state index contributed by atoms with van der Waals surface area (Å²) in [5, 5.41) is 7.13. The van der Waals surface area contributed by atoms with Crippen molar-refractivity contribution in [3.8, 4) is 0 Å². The van der Waals surface area contributed by atoms with Crippen LogP contribution in [-0.2, 0) is 10.0 Å². The van der Waals surface area contributed by atoms with Gasteiger partial charge in [-0.3, -0.25) is 9.89 Å². The van der Waals surface area contributed by atoms with Crippen molar-refractivity contribution in [3.05, 3.63) is 47.3 Å². The van der Waals surface area contributed by atoms with Crippen LogP contribution in [0.15, 0.2) is 35.4 Å². The third-order valence-corrected chi connectivity index (χ3v) is 8.68. The Morgan fingerprint density at radius 2 is 1.74 bits per heavy atom. The molecule has 2 heterocycles. The van der Waals surface area contributed by atoms with E-state index in [1.54, 1.807) is 22.6 Å². The van der Waals surface area contributed by atoms with Crippen molar-refractivity contribution in [1.29, 1.82) is 0 Å². The van der Waals surface area contributed by atoms with Crippen LogP contribution >= 0.6 is 0 Å². The molecule has 0 radical (unpaired) electrons. The van der Waals surface area contributed by atoms with Crippen LogP contribution in [0.2, 0.25) is 0 Å². The van der Waals surface area contributed by atoms with Gasteiger partial charge in [-0.1, -0.05) is 43.4 Å². The first-order valence-corrected chi connectivity index (χ1v) is 12.7. The Kier molecular flexibility index (Phi) is 6.48. The lowest BCUT2D eigenvalue weighted by molar-refractivity contribution is 0.0692. The highest BCUT2D eigenvalue weighted by Gasteiger charge is 2.38. The number of aromatic nitrogens is 2. The SMILES string of the molecule is Cc1ccc(S(=O)(=O)N2CCCCC2c2[nH]ncc2C(=O)N(C)C2CCCCC2)cc1. The molecule has 1 aliphatic heterocycles. The van der Waals surface area contributed by atoms with Gasteiger partial charge in [0, 0.05) is 19.6 Å². The summed E-state index contributed by atoms with van der Waals surface area (Å²) in [7, 11) is -1.82. The molecule has 7 nitrogen and oxygen atoms in total. The van der Waals surface area contributed by atoms with Crippen LogP contribution in [0, 0.1) is 6.92 Å². The lowest BCUT2D eigenvalue weighted by Gasteiger charge is -2.35. The maximum atomic E-state index is 13.5. The van der Waals surface area contributed by atoms with Gasteiger partial charge in [-0.2, -0.15) is 9.40 Å². The van der Waals surface area contributed by atoms with Crippen LogP contribution in [0.5, 0.6) is 0 Å². The maximum Gasteiger partial charge on any atom is 0.257 e. The van der Waals surface area contributed by atoms with E-state index in [9.17, 15) is 13.2 Å². The summed E-state index contributed by atoms with van der Waals surface area (Å²) in [6, 6.07) is 6.77. The molecule has 2 aromatic rings. The number of carbonyl (C=O) groups excluding carboxylic acids is 1. The number of nitrogens with zero attached hydrogens (tertiary/aromatic N) is 3. The third kappa shape index (κ3) is 4.41. The molecule has 1 aromatic heterocycles. The number of amides is 1. The summed E-state index contributed by atoms with van der Waals surface area (Å²) in [6.07, 6.45) is 9.50. The Bertz CT molecular complexity index is 1010. The number of sulfonamides is 1. The highest BCUT2D eigenvalue weighted by atomic mass is 32.2. The Morgan fingerprint density at radius 3 is 2.45 bits per heavy atom. The first kappa shape index (κ1) is 22.0. The number of benzene rings is 1. The lowest BCUT2D eigenvalue weighted by Crippen LogP contribution is -2.41. The monoisotopic (exact) mass is 444 g/mol. The van der Waals surface area contributed by atoms with Crippen molar-refractivity contribution in [1.82, 2.24) is 19.4 Å². The molecule has 2 aliphatic rings. The van der Waals surface area contributed by atoms with Gasteiger partial charge < -0.3 is 4.90 Å². The van der Waals surface area contributed by atoms with E-state index in [1.165, 1.54) is 6.42 Å². The topological polar surface area (TPSA) is 86.4 Å². The number of piperidine rings is 1. The summed E-state index contributed by atoms with van der Waals surface area (Å²) < 4.78 is 28.5. The van der Waals surface area contributed by atoms with Gasteiger partial charge in [0.2, 0.25) is 10.0 Å². The van der Waals surface area contributed by atoms with E-state index in [2.05, 4.69) is 10.2 Å². The second kappa shape index (κ2) is 9.12. The van der Waals surface area contributed by atoms with Crippen LogP contribution < -0.4 is 0 Å². The number of rotatable bonds is 5. The second-order valence-electron chi connectivity index (χ2n) is 8.85. The van der Waals surface area contributed by atoms with E-state index >= 15 is 0 Å². The largest absolute Gasteiger partial charge is 0.339 e. The third-order valence-electron chi connectivity index (χ3n) is 6.76. The molecule has 168 valence electrons. The van der Waals surface area contributed by atoms with Gasteiger partial charge in [0.05, 0.1) is 28.4 Å². The van der Waals surface area contributed by atoms with Crippen LogP contribution in [0.1, 0.15) is 79.0 Å². The smallest absolute Gasteiger partial charge is 0.257 e. The number of H-pyrrole nitrogens is 1. The van der Waals surface area contributed by atoms with Crippen molar-refractivity contribution >= 4 is 15.9 Å². The van der Waals surface area contributed by atoms with Gasteiger partial charge >= 0.3 is 0 Å². The Hall–Kier alpha value is -2.19. The van der Waals surface area contributed by atoms with Gasteiger partial charge in [0.25, 0.3) is 5.91 Å². The van der Waals surface area contributed by atoms with Gasteiger partial charge in [-0.25, -0.2) is 8.42 Å². The highest BCUT2D eigenvalue weighted by molar-refractivity contribution is 7.89. The highest BCUT2D eigenvalue weighted by Crippen LogP contribution is 2.36. The molecule has 4 rings (SSSR count). The van der Waals surface area contributed by atoms with Crippen molar-refractivity contribution in [2.75, 3.05) is 13.6 Å². The van der Waals surface area contributed by atoms with E-state index in [0.717, 1.165) is 44.1 Å². The minimum atomic E-state index is -3.68. The maximum absolute atomic E-state index is 13.5. The number of carbonyl (C=O) groups is 1. The average molecular weight is 445 g/mol. The van der Waals surface area contributed by atoms with Gasteiger partial charge in [-0.05, 0) is 44.7 Å². The predicted octanol–water partition coefficient (Wildman–Crippen LogP) is 4.04. The number of nitrogens with one attached hydrogen (secondary N) is 1. The van der Waals surface area contributed by atoms with Crippen molar-refractivity contribution in [2.24, 2.45) is 0 Å². The molecule has 0 bridgehead atoms. The summed E-state index contributed by atoms with van der Waals surface area (Å²) in [4.78, 5) is 15.4. The van der Waals surface area contributed by atoms with Crippen molar-refractivity contribution < 1.29 is 13.2 Å². The molecular weight excluding hydrogens is 412 g/mol. The van der Waals surface area contributed by atoms with E-state index in [0.29, 0.717) is 24.2 Å². The molecule has 1 atom stereocenters. The number of hydrogen-bond donors (Lipinski definition) is 1. The molecule has 8 heteroatoms. The van der Waals surface area contributed by atoms with E-state index in [-0.39, 0.29) is 16.8 Å². The van der Waals surface area contributed by atoms with Crippen molar-refractivity contribution in [2.45, 2.75) is 75.3 Å². The van der Waals surface area contributed by atoms with Crippen LogP contribution in [0.3, 0.4) is 0 Å². The normalized spacial score (nSPS) is 21.2. The molecule has 1 amide bonds. The minimum absolute atomic E-state index is 0.0751. The fraction of sp³-hybridized carbons (Fsp3) is 0.565. The summed E-state index contributed by atoms with van der Waals surface area (Å²) >= 11 is 0. The zero-order valence-electron chi connectivity index (χ0n) is 18.4. The first-order chi connectivity index (χ1) is 14.9. The fourth-order valence-corrected chi connectivity index (χ4v) is 6.54. The molecule has 2 fully saturated rings. The van der Waals surface area contributed by atoms with Crippen LogP contribution in [-0.4, -0.2) is 53.4 Å². The first-order valence-electron chi connectivity index (χ1n) is 11.3. The number of hydrogen-bond acceptors (Lipinski definition) is 4. The van der Waals surface area contributed by atoms with Gasteiger partial charge in [-0.15, -0.1) is 0 Å². The molecule has 1 aromatic carbocycles. The standard InChI is InChI=1S/C23H32N4O3S/c1-17-11-13-19(14-12-17)31(29,30)27-15-7-6-10-21(27)22-20(16-24-25-22)23(28)26(2)18-8-4-3-5-9-18/h11-14,16,18,21H,3-10,15H2,1-2H3,(H,24,25). The van der Waals surface area contributed by atoms with E-state index < -0.39 is 16.1 Å². The zero-order chi connectivity index (χ0) is 22.0.